The summed E-state index contributed by atoms with van der Waals surface area (Å²) in [5.74, 6) is -0.391. The van der Waals surface area contributed by atoms with E-state index in [1.807, 2.05) is 42.6 Å². The van der Waals surface area contributed by atoms with Crippen molar-refractivity contribution < 1.29 is 19.1 Å². The van der Waals surface area contributed by atoms with Gasteiger partial charge in [0, 0.05) is 42.8 Å². The third-order valence-electron chi connectivity index (χ3n) is 5.02. The summed E-state index contributed by atoms with van der Waals surface area (Å²) in [7, 11) is 1.60. The summed E-state index contributed by atoms with van der Waals surface area (Å²) in [5.41, 5.74) is 3.09. The number of nitrogens with one attached hydrogen (secondary N) is 1. The van der Waals surface area contributed by atoms with Gasteiger partial charge < -0.3 is 24.3 Å². The van der Waals surface area contributed by atoms with Crippen molar-refractivity contribution in [2.45, 2.75) is 20.0 Å². The Bertz CT molecular complexity index is 1070. The number of urea groups is 1. The van der Waals surface area contributed by atoms with Gasteiger partial charge in [-0.3, -0.25) is 0 Å². The number of benzene rings is 2. The van der Waals surface area contributed by atoms with E-state index in [-0.39, 0.29) is 6.03 Å². The van der Waals surface area contributed by atoms with E-state index in [4.69, 9.17) is 21.1 Å². The van der Waals surface area contributed by atoms with Gasteiger partial charge in [-0.05, 0) is 61.0 Å². The highest BCUT2D eigenvalue weighted by molar-refractivity contribution is 6.30. The molecule has 174 valence electrons. The molecule has 0 saturated carbocycles. The van der Waals surface area contributed by atoms with E-state index in [9.17, 15) is 9.59 Å². The van der Waals surface area contributed by atoms with Crippen molar-refractivity contribution in [1.29, 1.82) is 0 Å². The number of hydrogen-bond donors (Lipinski definition) is 1. The van der Waals surface area contributed by atoms with Gasteiger partial charge >= 0.3 is 12.0 Å². The molecule has 2 amide bonds. The Morgan fingerprint density at radius 2 is 1.88 bits per heavy atom. The fourth-order valence-electron chi connectivity index (χ4n) is 3.34. The molecule has 0 aliphatic heterocycles. The molecular formula is C25H28ClN3O4. The number of hydrogen-bond acceptors (Lipinski definition) is 4. The summed E-state index contributed by atoms with van der Waals surface area (Å²) in [6, 6.07) is 18.0. The van der Waals surface area contributed by atoms with Crippen molar-refractivity contribution in [3.8, 4) is 0 Å². The number of esters is 1. The van der Waals surface area contributed by atoms with Gasteiger partial charge in [0.15, 0.2) is 0 Å². The Morgan fingerprint density at radius 1 is 1.09 bits per heavy atom. The maximum Gasteiger partial charge on any atom is 0.338 e. The number of carbonyl (C=O) groups excluding carboxylic acids is 2. The van der Waals surface area contributed by atoms with Crippen LogP contribution in [0.5, 0.6) is 0 Å². The summed E-state index contributed by atoms with van der Waals surface area (Å²) in [6.45, 7) is 3.95. The molecule has 0 aliphatic rings. The highest BCUT2D eigenvalue weighted by Crippen LogP contribution is 2.16. The maximum atomic E-state index is 13.0. The average Bonchev–Trinajstić information content (AvgIpc) is 3.23. The highest BCUT2D eigenvalue weighted by atomic mass is 35.5. The quantitative estimate of drug-likeness (QED) is 0.422. The molecule has 7 nitrogen and oxygen atoms in total. The second-order valence-corrected chi connectivity index (χ2v) is 7.84. The SMILES string of the molecule is CCOC(=O)c1ccc(NC(=O)N(CCOC)Cc2cccn2Cc2cccc(Cl)c2)cc1. The van der Waals surface area contributed by atoms with Gasteiger partial charge in [0.2, 0.25) is 0 Å². The van der Waals surface area contributed by atoms with Crippen LogP contribution in [-0.2, 0) is 22.6 Å². The van der Waals surface area contributed by atoms with Crippen molar-refractivity contribution in [2.75, 3.05) is 32.2 Å². The Morgan fingerprint density at radius 3 is 2.58 bits per heavy atom. The molecule has 1 N–H and O–H groups in total. The van der Waals surface area contributed by atoms with Crippen molar-refractivity contribution >= 4 is 29.3 Å². The summed E-state index contributed by atoms with van der Waals surface area (Å²) in [6.07, 6.45) is 1.98. The minimum atomic E-state index is -0.391. The topological polar surface area (TPSA) is 72.8 Å². The van der Waals surface area contributed by atoms with E-state index in [1.54, 1.807) is 43.2 Å². The van der Waals surface area contributed by atoms with Crippen LogP contribution in [0.2, 0.25) is 5.02 Å². The van der Waals surface area contributed by atoms with Crippen LogP contribution in [-0.4, -0.2) is 48.3 Å². The molecule has 0 unspecified atom stereocenters. The van der Waals surface area contributed by atoms with Gasteiger partial charge in [0.05, 0.1) is 25.3 Å². The molecule has 3 aromatic rings. The van der Waals surface area contributed by atoms with Gasteiger partial charge in [-0.2, -0.15) is 0 Å². The second kappa shape index (κ2) is 12.1. The molecule has 3 rings (SSSR count). The lowest BCUT2D eigenvalue weighted by atomic mass is 10.2. The second-order valence-electron chi connectivity index (χ2n) is 7.40. The van der Waals surface area contributed by atoms with E-state index in [0.29, 0.717) is 49.1 Å². The zero-order chi connectivity index (χ0) is 23.6. The number of ether oxygens (including phenoxy) is 2. The van der Waals surface area contributed by atoms with Gasteiger partial charge in [-0.1, -0.05) is 23.7 Å². The number of anilines is 1. The molecule has 0 saturated heterocycles. The van der Waals surface area contributed by atoms with Gasteiger partial charge in [0.1, 0.15) is 0 Å². The number of aromatic nitrogens is 1. The Labute approximate surface area is 198 Å². The van der Waals surface area contributed by atoms with Gasteiger partial charge in [0.25, 0.3) is 0 Å². The molecule has 33 heavy (non-hydrogen) atoms. The third-order valence-corrected chi connectivity index (χ3v) is 5.25. The first-order chi connectivity index (χ1) is 16.0. The Kier molecular flexibility index (Phi) is 8.92. The standard InChI is InChI=1S/C25H28ClN3O4/c1-3-33-24(30)20-9-11-22(12-10-20)27-25(31)29(14-15-32-2)18-23-8-5-13-28(23)17-19-6-4-7-21(26)16-19/h4-13,16H,3,14-15,17-18H2,1-2H3,(H,27,31). The molecule has 0 fully saturated rings. The zero-order valence-corrected chi connectivity index (χ0v) is 19.5. The fourth-order valence-corrected chi connectivity index (χ4v) is 3.55. The van der Waals surface area contributed by atoms with E-state index in [2.05, 4.69) is 9.88 Å². The summed E-state index contributed by atoms with van der Waals surface area (Å²) in [4.78, 5) is 26.5. The molecule has 0 radical (unpaired) electrons. The van der Waals surface area contributed by atoms with Crippen molar-refractivity contribution in [3.05, 3.63) is 88.7 Å². The van der Waals surface area contributed by atoms with E-state index in [1.165, 1.54) is 0 Å². The number of rotatable bonds is 10. The van der Waals surface area contributed by atoms with Crippen molar-refractivity contribution in [2.24, 2.45) is 0 Å². The number of halogens is 1. The van der Waals surface area contributed by atoms with E-state index < -0.39 is 5.97 Å². The number of nitrogens with zero attached hydrogens (tertiary/aromatic N) is 2. The smallest absolute Gasteiger partial charge is 0.338 e. The molecule has 0 spiro atoms. The predicted molar refractivity (Wildman–Crippen MR) is 129 cm³/mol. The van der Waals surface area contributed by atoms with Gasteiger partial charge in [-0.25, -0.2) is 9.59 Å². The predicted octanol–water partition coefficient (Wildman–Crippen LogP) is 5.05. The van der Waals surface area contributed by atoms with Crippen LogP contribution in [0, 0.1) is 0 Å². The first kappa shape index (κ1) is 24.4. The lowest BCUT2D eigenvalue weighted by Gasteiger charge is -2.24. The van der Waals surface area contributed by atoms with Crippen LogP contribution >= 0.6 is 11.6 Å². The molecule has 0 atom stereocenters. The average molecular weight is 470 g/mol. The molecule has 0 bridgehead atoms. The van der Waals surface area contributed by atoms with Crippen LogP contribution in [0.4, 0.5) is 10.5 Å². The largest absolute Gasteiger partial charge is 0.462 e. The first-order valence-corrected chi connectivity index (χ1v) is 11.1. The van der Waals surface area contributed by atoms with Crippen molar-refractivity contribution in [3.63, 3.8) is 0 Å². The maximum absolute atomic E-state index is 13.0. The van der Waals surface area contributed by atoms with Crippen LogP contribution in [0.15, 0.2) is 66.9 Å². The summed E-state index contributed by atoms with van der Waals surface area (Å²) in [5, 5.41) is 3.58. The summed E-state index contributed by atoms with van der Waals surface area (Å²) < 4.78 is 12.3. The molecule has 2 aromatic carbocycles. The van der Waals surface area contributed by atoms with Gasteiger partial charge in [-0.15, -0.1) is 0 Å². The molecule has 0 aliphatic carbocycles. The van der Waals surface area contributed by atoms with Crippen molar-refractivity contribution in [1.82, 2.24) is 9.47 Å². The van der Waals surface area contributed by atoms with Crippen LogP contribution in [0.1, 0.15) is 28.5 Å². The molecule has 8 heteroatoms. The number of carbonyl (C=O) groups is 2. The normalized spacial score (nSPS) is 10.6. The lowest BCUT2D eigenvalue weighted by molar-refractivity contribution is 0.0526. The third kappa shape index (κ3) is 7.10. The highest BCUT2D eigenvalue weighted by Gasteiger charge is 2.16. The van der Waals surface area contributed by atoms with Crippen LogP contribution in [0.25, 0.3) is 0 Å². The van der Waals surface area contributed by atoms with E-state index >= 15 is 0 Å². The van der Waals surface area contributed by atoms with Crippen LogP contribution in [0.3, 0.4) is 0 Å². The summed E-state index contributed by atoms with van der Waals surface area (Å²) >= 11 is 6.12. The number of amides is 2. The molecule has 1 aromatic heterocycles. The monoisotopic (exact) mass is 469 g/mol. The van der Waals surface area contributed by atoms with Crippen LogP contribution < -0.4 is 5.32 Å². The van der Waals surface area contributed by atoms with E-state index in [0.717, 1.165) is 11.3 Å². The minimum Gasteiger partial charge on any atom is -0.462 e. The first-order valence-electron chi connectivity index (χ1n) is 10.7. The Balaban J connectivity index is 1.69. The minimum absolute atomic E-state index is 0.258. The molecular weight excluding hydrogens is 442 g/mol. The fraction of sp³-hybridized carbons (Fsp3) is 0.280. The molecule has 1 heterocycles. The zero-order valence-electron chi connectivity index (χ0n) is 18.8. The lowest BCUT2D eigenvalue weighted by Crippen LogP contribution is -2.37. The Hall–Kier alpha value is -3.29. The number of methoxy groups -OCH3 is 1.